The minimum atomic E-state index is -0.231. The number of nitrogens with zero attached hydrogens (tertiary/aromatic N) is 1. The van der Waals surface area contributed by atoms with Crippen LogP contribution in [0, 0.1) is 26.7 Å². The van der Waals surface area contributed by atoms with Crippen molar-refractivity contribution < 1.29 is 9.59 Å². The molecule has 1 heterocycles. The molecule has 3 rings (SSSR count). The fourth-order valence-corrected chi connectivity index (χ4v) is 3.89. The normalized spacial score (nSPS) is 16.9. The molecule has 1 N–H and O–H groups in total. The Balaban J connectivity index is 1.69. The van der Waals surface area contributed by atoms with Gasteiger partial charge in [0.25, 0.3) is 5.91 Å². The first kappa shape index (κ1) is 19.4. The first-order valence-corrected chi connectivity index (χ1v) is 9.66. The third-order valence-electron chi connectivity index (χ3n) is 4.93. The number of likely N-dealkylation sites (tertiary alicyclic amines) is 1. The molecular weight excluding hydrogens is 360 g/mol. The summed E-state index contributed by atoms with van der Waals surface area (Å²) in [5.41, 5.74) is 4.48. The van der Waals surface area contributed by atoms with Crippen LogP contribution in [-0.2, 0) is 4.79 Å². The molecule has 4 nitrogen and oxygen atoms in total. The number of benzene rings is 2. The van der Waals surface area contributed by atoms with Crippen LogP contribution in [0.4, 0.5) is 5.69 Å². The number of rotatable bonds is 3. The standard InChI is InChI=1S/C22H25ClN2O2/c1-14-6-7-20(19(23)12-14)24-21(26)17-5-4-8-25(13-17)22(27)18-10-15(2)9-16(3)11-18/h6-7,9-12,17H,4-5,8,13H2,1-3H3,(H,24,26)/t17-/m0/s1. The van der Waals surface area contributed by atoms with Gasteiger partial charge in [0, 0.05) is 18.7 Å². The van der Waals surface area contributed by atoms with Crippen molar-refractivity contribution in [1.82, 2.24) is 4.90 Å². The van der Waals surface area contributed by atoms with Crippen LogP contribution in [0.25, 0.3) is 0 Å². The second-order valence-electron chi connectivity index (χ2n) is 7.44. The molecule has 0 saturated carbocycles. The first-order valence-electron chi connectivity index (χ1n) is 9.28. The van der Waals surface area contributed by atoms with Crippen LogP contribution in [0.1, 0.15) is 39.9 Å². The number of carbonyl (C=O) groups excluding carboxylic acids is 2. The van der Waals surface area contributed by atoms with E-state index in [0.29, 0.717) is 29.4 Å². The van der Waals surface area contributed by atoms with E-state index in [1.54, 1.807) is 4.90 Å². The average Bonchev–Trinajstić information content (AvgIpc) is 2.62. The third-order valence-corrected chi connectivity index (χ3v) is 5.24. The maximum Gasteiger partial charge on any atom is 0.253 e. The van der Waals surface area contributed by atoms with Crippen molar-refractivity contribution in [2.24, 2.45) is 5.92 Å². The van der Waals surface area contributed by atoms with Crippen molar-refractivity contribution in [1.29, 1.82) is 0 Å². The highest BCUT2D eigenvalue weighted by Gasteiger charge is 2.29. The van der Waals surface area contributed by atoms with Crippen molar-refractivity contribution in [3.63, 3.8) is 0 Å². The predicted octanol–water partition coefficient (Wildman–Crippen LogP) is 4.76. The van der Waals surface area contributed by atoms with E-state index >= 15 is 0 Å². The molecule has 0 spiro atoms. The number of anilines is 1. The van der Waals surface area contributed by atoms with Crippen LogP contribution in [0.15, 0.2) is 36.4 Å². The van der Waals surface area contributed by atoms with Gasteiger partial charge in [-0.1, -0.05) is 34.9 Å². The molecule has 2 aromatic carbocycles. The number of hydrogen-bond acceptors (Lipinski definition) is 2. The molecule has 27 heavy (non-hydrogen) atoms. The maximum absolute atomic E-state index is 12.9. The Bertz CT molecular complexity index is 858. The number of halogens is 1. The van der Waals surface area contributed by atoms with Crippen molar-refractivity contribution in [3.8, 4) is 0 Å². The quantitative estimate of drug-likeness (QED) is 0.829. The van der Waals surface area contributed by atoms with E-state index in [0.717, 1.165) is 29.5 Å². The molecule has 0 bridgehead atoms. The molecule has 5 heteroatoms. The third kappa shape index (κ3) is 4.69. The van der Waals surface area contributed by atoms with Gasteiger partial charge in [0.05, 0.1) is 16.6 Å². The van der Waals surface area contributed by atoms with Gasteiger partial charge in [0.2, 0.25) is 5.91 Å². The van der Waals surface area contributed by atoms with Gasteiger partial charge in [-0.15, -0.1) is 0 Å². The van der Waals surface area contributed by atoms with Gasteiger partial charge in [-0.2, -0.15) is 0 Å². The van der Waals surface area contributed by atoms with Crippen LogP contribution in [0.5, 0.6) is 0 Å². The molecule has 1 atom stereocenters. The lowest BCUT2D eigenvalue weighted by molar-refractivity contribution is -0.121. The van der Waals surface area contributed by atoms with Crippen molar-refractivity contribution in [2.75, 3.05) is 18.4 Å². The zero-order valence-electron chi connectivity index (χ0n) is 16.0. The Hall–Kier alpha value is -2.33. The van der Waals surface area contributed by atoms with Gasteiger partial charge in [-0.05, 0) is 63.4 Å². The van der Waals surface area contributed by atoms with Crippen LogP contribution in [0.3, 0.4) is 0 Å². The number of hydrogen-bond donors (Lipinski definition) is 1. The monoisotopic (exact) mass is 384 g/mol. The lowest BCUT2D eigenvalue weighted by atomic mass is 9.96. The topological polar surface area (TPSA) is 49.4 Å². The summed E-state index contributed by atoms with van der Waals surface area (Å²) in [7, 11) is 0. The van der Waals surface area contributed by atoms with Crippen LogP contribution in [-0.4, -0.2) is 29.8 Å². The number of nitrogens with one attached hydrogen (secondary N) is 1. The summed E-state index contributed by atoms with van der Waals surface area (Å²) in [4.78, 5) is 27.4. The Morgan fingerprint density at radius 1 is 1.04 bits per heavy atom. The molecule has 0 aromatic heterocycles. The Labute approximate surface area is 165 Å². The average molecular weight is 385 g/mol. The predicted molar refractivity (Wildman–Crippen MR) is 109 cm³/mol. The smallest absolute Gasteiger partial charge is 0.253 e. The van der Waals surface area contributed by atoms with E-state index in [2.05, 4.69) is 11.4 Å². The summed E-state index contributed by atoms with van der Waals surface area (Å²) in [6, 6.07) is 11.4. The summed E-state index contributed by atoms with van der Waals surface area (Å²) < 4.78 is 0. The second kappa shape index (κ2) is 8.13. The van der Waals surface area contributed by atoms with E-state index < -0.39 is 0 Å². The summed E-state index contributed by atoms with van der Waals surface area (Å²) in [5.74, 6) is -0.322. The molecule has 1 aliphatic heterocycles. The SMILES string of the molecule is Cc1cc(C)cc(C(=O)N2CCC[C@H](C(=O)Nc3ccc(C)cc3Cl)C2)c1. The van der Waals surface area contributed by atoms with Crippen molar-refractivity contribution in [3.05, 3.63) is 63.7 Å². The number of amides is 2. The molecule has 0 radical (unpaired) electrons. The van der Waals surface area contributed by atoms with Gasteiger partial charge in [-0.25, -0.2) is 0 Å². The van der Waals surface area contributed by atoms with Gasteiger partial charge in [0.1, 0.15) is 0 Å². The zero-order valence-corrected chi connectivity index (χ0v) is 16.8. The van der Waals surface area contributed by atoms with E-state index in [1.165, 1.54) is 0 Å². The molecule has 2 aromatic rings. The zero-order chi connectivity index (χ0) is 19.6. The summed E-state index contributed by atoms with van der Waals surface area (Å²) in [6.45, 7) is 7.04. The minimum absolute atomic E-state index is 0.00679. The number of piperidine rings is 1. The number of carbonyl (C=O) groups is 2. The summed E-state index contributed by atoms with van der Waals surface area (Å²) in [5, 5.41) is 3.45. The molecule has 1 fully saturated rings. The minimum Gasteiger partial charge on any atom is -0.338 e. The molecule has 2 amide bonds. The van der Waals surface area contributed by atoms with Crippen LogP contribution < -0.4 is 5.32 Å². The Morgan fingerprint density at radius 3 is 2.41 bits per heavy atom. The Kier molecular flexibility index (Phi) is 5.85. The summed E-state index contributed by atoms with van der Waals surface area (Å²) in [6.07, 6.45) is 1.59. The van der Waals surface area contributed by atoms with Crippen molar-refractivity contribution >= 4 is 29.1 Å². The highest BCUT2D eigenvalue weighted by atomic mass is 35.5. The number of aryl methyl sites for hydroxylation is 3. The molecule has 0 aliphatic carbocycles. The molecule has 0 unspecified atom stereocenters. The van der Waals surface area contributed by atoms with Gasteiger partial charge in [0.15, 0.2) is 0 Å². The highest BCUT2D eigenvalue weighted by molar-refractivity contribution is 6.33. The Morgan fingerprint density at radius 2 is 1.74 bits per heavy atom. The van der Waals surface area contributed by atoms with Gasteiger partial charge in [-0.3, -0.25) is 9.59 Å². The van der Waals surface area contributed by atoms with Crippen LogP contribution in [0.2, 0.25) is 5.02 Å². The molecular formula is C22H25ClN2O2. The first-order chi connectivity index (χ1) is 12.8. The van der Waals surface area contributed by atoms with E-state index in [1.807, 2.05) is 51.1 Å². The second-order valence-corrected chi connectivity index (χ2v) is 7.85. The fourth-order valence-electron chi connectivity index (χ4n) is 3.61. The van der Waals surface area contributed by atoms with Crippen molar-refractivity contribution in [2.45, 2.75) is 33.6 Å². The van der Waals surface area contributed by atoms with E-state index in [4.69, 9.17) is 11.6 Å². The fraction of sp³-hybridized carbons (Fsp3) is 0.364. The lowest BCUT2D eigenvalue weighted by Crippen LogP contribution is -2.43. The van der Waals surface area contributed by atoms with Crippen LogP contribution >= 0.6 is 11.6 Å². The van der Waals surface area contributed by atoms with E-state index in [9.17, 15) is 9.59 Å². The summed E-state index contributed by atoms with van der Waals surface area (Å²) >= 11 is 6.22. The van der Waals surface area contributed by atoms with E-state index in [-0.39, 0.29) is 17.7 Å². The van der Waals surface area contributed by atoms with Gasteiger partial charge < -0.3 is 10.2 Å². The lowest BCUT2D eigenvalue weighted by Gasteiger charge is -2.32. The largest absolute Gasteiger partial charge is 0.338 e. The highest BCUT2D eigenvalue weighted by Crippen LogP contribution is 2.25. The molecule has 142 valence electrons. The molecule has 1 aliphatic rings. The maximum atomic E-state index is 12.9. The molecule has 1 saturated heterocycles. The van der Waals surface area contributed by atoms with Gasteiger partial charge >= 0.3 is 0 Å².